The summed E-state index contributed by atoms with van der Waals surface area (Å²) in [6, 6.07) is 3.99. The van der Waals surface area contributed by atoms with Crippen LogP contribution in [-0.2, 0) is 4.79 Å². The van der Waals surface area contributed by atoms with Crippen LogP contribution in [0, 0.1) is 0 Å². The molecule has 7 nitrogen and oxygen atoms in total. The van der Waals surface area contributed by atoms with Gasteiger partial charge in [-0.15, -0.1) is 24.0 Å². The quantitative estimate of drug-likeness (QED) is 0.284. The molecule has 28 heavy (non-hydrogen) atoms. The van der Waals surface area contributed by atoms with Crippen LogP contribution in [0.2, 0.25) is 0 Å². The maximum Gasteiger partial charge on any atom is 0.242 e. The number of rotatable bonds is 11. The predicted octanol–water partition coefficient (Wildman–Crippen LogP) is 3.05. The number of likely N-dealkylation sites (N-methyl/N-ethyl adjacent to an activating group) is 3. The van der Waals surface area contributed by atoms with Crippen LogP contribution in [-0.4, -0.2) is 79.4 Å². The van der Waals surface area contributed by atoms with Crippen molar-refractivity contribution in [3.63, 3.8) is 0 Å². The van der Waals surface area contributed by atoms with Gasteiger partial charge >= 0.3 is 0 Å². The number of carbonyl (C=O) groups excluding carboxylic acids is 1. The molecule has 1 unspecified atom stereocenters. The Morgan fingerprint density at radius 3 is 2.25 bits per heavy atom. The molecule has 162 valence electrons. The third-order valence-electron chi connectivity index (χ3n) is 4.72. The molecule has 1 heterocycles. The van der Waals surface area contributed by atoms with Crippen molar-refractivity contribution in [2.45, 2.75) is 40.7 Å². The Morgan fingerprint density at radius 2 is 1.79 bits per heavy atom. The molecule has 0 aliphatic carbocycles. The molecular formula is C20H38IN5O2. The first-order chi connectivity index (χ1) is 13.0. The molecular weight excluding hydrogens is 469 g/mol. The average molecular weight is 507 g/mol. The lowest BCUT2D eigenvalue weighted by atomic mass is 10.2. The van der Waals surface area contributed by atoms with Gasteiger partial charge < -0.3 is 19.5 Å². The number of furan rings is 1. The molecule has 0 saturated carbocycles. The second-order valence-corrected chi connectivity index (χ2v) is 6.37. The Balaban J connectivity index is 0.00000729. The van der Waals surface area contributed by atoms with E-state index in [0.717, 1.165) is 44.4 Å². The lowest BCUT2D eigenvalue weighted by molar-refractivity contribution is -0.131. The van der Waals surface area contributed by atoms with E-state index in [9.17, 15) is 4.79 Å². The predicted molar refractivity (Wildman–Crippen MR) is 126 cm³/mol. The van der Waals surface area contributed by atoms with E-state index in [1.54, 1.807) is 6.26 Å². The Labute approximate surface area is 187 Å². The topological polar surface area (TPSA) is 64.3 Å². The maximum atomic E-state index is 12.4. The Bertz CT molecular complexity index is 557. The summed E-state index contributed by atoms with van der Waals surface area (Å²) in [5.74, 6) is 1.77. The van der Waals surface area contributed by atoms with E-state index in [0.29, 0.717) is 13.1 Å². The third-order valence-corrected chi connectivity index (χ3v) is 4.72. The van der Waals surface area contributed by atoms with Gasteiger partial charge in [-0.1, -0.05) is 13.8 Å². The average Bonchev–Trinajstić information content (AvgIpc) is 3.19. The lowest BCUT2D eigenvalue weighted by Gasteiger charge is -2.28. The minimum Gasteiger partial charge on any atom is -0.468 e. The standard InChI is InChI=1S/C20H37N5O2.HI/c1-7-21-20(23(6)16-19(26)25(10-4)11-5)22-15-17(24(8-2)9-3)18-13-12-14-27-18;/h12-14,17H,7-11,15-16H2,1-6H3,(H,21,22);1H. The monoisotopic (exact) mass is 507 g/mol. The van der Waals surface area contributed by atoms with Gasteiger partial charge in [0.2, 0.25) is 5.91 Å². The van der Waals surface area contributed by atoms with Gasteiger partial charge in [-0.2, -0.15) is 0 Å². The summed E-state index contributed by atoms with van der Waals surface area (Å²) in [5, 5.41) is 3.29. The van der Waals surface area contributed by atoms with Gasteiger partial charge in [0.05, 0.1) is 25.4 Å². The number of nitrogens with one attached hydrogen (secondary N) is 1. The third kappa shape index (κ3) is 7.98. The van der Waals surface area contributed by atoms with E-state index < -0.39 is 0 Å². The summed E-state index contributed by atoms with van der Waals surface area (Å²) in [5.41, 5.74) is 0. The summed E-state index contributed by atoms with van der Waals surface area (Å²) in [6.45, 7) is 15.2. The van der Waals surface area contributed by atoms with Gasteiger partial charge in [0.15, 0.2) is 5.96 Å². The summed E-state index contributed by atoms with van der Waals surface area (Å²) in [7, 11) is 1.90. The number of hydrogen-bond donors (Lipinski definition) is 1. The van der Waals surface area contributed by atoms with Crippen molar-refractivity contribution in [2.75, 3.05) is 52.9 Å². The first-order valence-corrected chi connectivity index (χ1v) is 10.1. The Hall–Kier alpha value is -1.29. The molecule has 0 saturated heterocycles. The molecule has 0 spiro atoms. The number of aliphatic imine (C=N–C) groups is 1. The van der Waals surface area contributed by atoms with Crippen LogP contribution in [0.15, 0.2) is 27.8 Å². The van der Waals surface area contributed by atoms with Crippen molar-refractivity contribution in [3.8, 4) is 0 Å². The van der Waals surface area contributed by atoms with Crippen molar-refractivity contribution >= 4 is 35.8 Å². The highest BCUT2D eigenvalue weighted by Gasteiger charge is 2.21. The van der Waals surface area contributed by atoms with E-state index >= 15 is 0 Å². The van der Waals surface area contributed by atoms with Crippen LogP contribution in [0.4, 0.5) is 0 Å². The van der Waals surface area contributed by atoms with Crippen molar-refractivity contribution in [3.05, 3.63) is 24.2 Å². The minimum absolute atomic E-state index is 0. The molecule has 0 bridgehead atoms. The van der Waals surface area contributed by atoms with E-state index in [-0.39, 0.29) is 35.9 Å². The largest absolute Gasteiger partial charge is 0.468 e. The van der Waals surface area contributed by atoms with Gasteiger partial charge in [-0.3, -0.25) is 14.7 Å². The summed E-state index contributed by atoms with van der Waals surface area (Å²) >= 11 is 0. The van der Waals surface area contributed by atoms with Crippen LogP contribution >= 0.6 is 24.0 Å². The maximum absolute atomic E-state index is 12.4. The Morgan fingerprint density at radius 1 is 1.14 bits per heavy atom. The zero-order valence-corrected chi connectivity index (χ0v) is 20.6. The molecule has 0 radical (unpaired) electrons. The van der Waals surface area contributed by atoms with Gasteiger partial charge in [0.25, 0.3) is 0 Å². The molecule has 0 fully saturated rings. The highest BCUT2D eigenvalue weighted by molar-refractivity contribution is 14.0. The van der Waals surface area contributed by atoms with Gasteiger partial charge in [-0.25, -0.2) is 0 Å². The molecule has 0 aliphatic heterocycles. The number of nitrogens with zero attached hydrogens (tertiary/aromatic N) is 4. The number of guanidine groups is 1. The highest BCUT2D eigenvalue weighted by atomic mass is 127. The SMILES string of the molecule is CCNC(=NCC(c1ccco1)N(CC)CC)N(C)CC(=O)N(CC)CC.I. The summed E-state index contributed by atoms with van der Waals surface area (Å²) in [4.78, 5) is 23.3. The first kappa shape index (κ1) is 26.7. The first-order valence-electron chi connectivity index (χ1n) is 10.1. The van der Waals surface area contributed by atoms with Crippen molar-refractivity contribution in [2.24, 2.45) is 4.99 Å². The molecule has 0 aliphatic rings. The zero-order valence-electron chi connectivity index (χ0n) is 18.3. The lowest BCUT2D eigenvalue weighted by Crippen LogP contribution is -2.46. The fourth-order valence-corrected chi connectivity index (χ4v) is 3.13. The molecule has 1 aromatic rings. The fourth-order valence-electron chi connectivity index (χ4n) is 3.13. The van der Waals surface area contributed by atoms with E-state index in [4.69, 9.17) is 9.41 Å². The number of hydrogen-bond acceptors (Lipinski definition) is 4. The molecule has 0 aromatic carbocycles. The molecule has 1 rings (SSSR count). The van der Waals surface area contributed by atoms with E-state index in [2.05, 4.69) is 24.1 Å². The minimum atomic E-state index is 0. The van der Waals surface area contributed by atoms with Crippen LogP contribution in [0.3, 0.4) is 0 Å². The van der Waals surface area contributed by atoms with Crippen molar-refractivity contribution in [1.82, 2.24) is 20.0 Å². The molecule has 1 N–H and O–H groups in total. The normalized spacial score (nSPS) is 12.5. The second kappa shape index (κ2) is 14.7. The summed E-state index contributed by atoms with van der Waals surface area (Å²) in [6.07, 6.45) is 1.70. The smallest absolute Gasteiger partial charge is 0.242 e. The number of halogens is 1. The van der Waals surface area contributed by atoms with Crippen LogP contribution < -0.4 is 5.32 Å². The van der Waals surface area contributed by atoms with Crippen LogP contribution in [0.25, 0.3) is 0 Å². The second-order valence-electron chi connectivity index (χ2n) is 6.37. The highest BCUT2D eigenvalue weighted by Crippen LogP contribution is 2.21. The van der Waals surface area contributed by atoms with E-state index in [1.165, 1.54) is 0 Å². The fraction of sp³-hybridized carbons (Fsp3) is 0.700. The van der Waals surface area contributed by atoms with Crippen LogP contribution in [0.5, 0.6) is 0 Å². The van der Waals surface area contributed by atoms with Crippen molar-refractivity contribution in [1.29, 1.82) is 0 Å². The van der Waals surface area contributed by atoms with Gasteiger partial charge in [-0.05, 0) is 46.0 Å². The number of carbonyl (C=O) groups is 1. The molecule has 1 amide bonds. The van der Waals surface area contributed by atoms with Gasteiger partial charge in [0.1, 0.15) is 5.76 Å². The van der Waals surface area contributed by atoms with Crippen molar-refractivity contribution < 1.29 is 9.21 Å². The molecule has 1 atom stereocenters. The van der Waals surface area contributed by atoms with E-state index in [1.807, 2.05) is 49.8 Å². The summed E-state index contributed by atoms with van der Waals surface area (Å²) < 4.78 is 5.65. The van der Waals surface area contributed by atoms with Gasteiger partial charge in [0, 0.05) is 26.7 Å². The van der Waals surface area contributed by atoms with Crippen LogP contribution in [0.1, 0.15) is 46.4 Å². The number of amides is 1. The Kier molecular flexibility index (Phi) is 14.0. The zero-order chi connectivity index (χ0) is 20.2. The molecule has 1 aromatic heterocycles. The molecule has 8 heteroatoms.